The van der Waals surface area contributed by atoms with Crippen molar-refractivity contribution in [2.45, 2.75) is 25.2 Å². The average molecular weight is 428 g/mol. The van der Waals surface area contributed by atoms with Crippen LogP contribution in [0.15, 0.2) is 67.0 Å². The zero-order valence-electron chi connectivity index (χ0n) is 18.2. The molecule has 0 saturated heterocycles. The van der Waals surface area contributed by atoms with E-state index in [9.17, 15) is 4.79 Å². The van der Waals surface area contributed by atoms with Gasteiger partial charge in [0.2, 0.25) is 5.91 Å². The number of hydrogen-bond acceptors (Lipinski definition) is 4. The summed E-state index contributed by atoms with van der Waals surface area (Å²) in [6.07, 6.45) is 6.28. The van der Waals surface area contributed by atoms with E-state index in [1.165, 1.54) is 0 Å². The Morgan fingerprint density at radius 2 is 1.81 bits per heavy atom. The topological polar surface area (TPSA) is 74.0 Å². The van der Waals surface area contributed by atoms with Gasteiger partial charge < -0.3 is 10.1 Å². The summed E-state index contributed by atoms with van der Waals surface area (Å²) in [6.45, 7) is 0. The first-order chi connectivity index (χ1) is 15.6. The van der Waals surface area contributed by atoms with Gasteiger partial charge in [-0.2, -0.15) is 10.2 Å². The van der Waals surface area contributed by atoms with Crippen LogP contribution >= 0.6 is 0 Å². The number of carbonyl (C=O) groups is 1. The van der Waals surface area contributed by atoms with Crippen LogP contribution in [0.5, 0.6) is 5.75 Å². The minimum atomic E-state index is -0.0812. The predicted octanol–water partition coefficient (Wildman–Crippen LogP) is 4.34. The van der Waals surface area contributed by atoms with Crippen LogP contribution in [0.4, 0.5) is 5.69 Å². The first-order valence-electron chi connectivity index (χ1n) is 10.7. The maximum Gasteiger partial charge on any atom is 0.229 e. The number of nitrogens with one attached hydrogen (secondary N) is 1. The van der Waals surface area contributed by atoms with Crippen LogP contribution in [0.2, 0.25) is 0 Å². The number of carbonyl (C=O) groups excluding carboxylic acids is 1. The van der Waals surface area contributed by atoms with Gasteiger partial charge in [-0.05, 0) is 49.2 Å². The maximum absolute atomic E-state index is 13.0. The molecule has 0 spiro atoms. The number of rotatable bonds is 7. The van der Waals surface area contributed by atoms with Crippen molar-refractivity contribution >= 4 is 11.6 Å². The van der Waals surface area contributed by atoms with Gasteiger partial charge in [0.15, 0.2) is 0 Å². The van der Waals surface area contributed by atoms with Crippen molar-refractivity contribution in [1.82, 2.24) is 19.6 Å². The van der Waals surface area contributed by atoms with Crippen LogP contribution in [-0.2, 0) is 18.3 Å². The lowest BCUT2D eigenvalue weighted by molar-refractivity contribution is -0.115. The highest BCUT2D eigenvalue weighted by Gasteiger charge is 2.29. The lowest BCUT2D eigenvalue weighted by Gasteiger charge is -2.06. The fraction of sp³-hybridized carbons (Fsp3) is 0.240. The van der Waals surface area contributed by atoms with E-state index < -0.39 is 0 Å². The molecule has 2 aromatic heterocycles. The standard InChI is InChI=1S/C25H25N5O2/c1-29-16-22(25(27-29)18-8-9-18)26-23(31)14-19-15-30(20-6-4-3-5-7-20)28-24(19)17-10-12-21(32-2)13-11-17/h3-7,10-13,15-16,18H,8-9,14H2,1-2H3,(H,26,31). The van der Waals surface area contributed by atoms with E-state index in [0.717, 1.165) is 52.5 Å². The van der Waals surface area contributed by atoms with Gasteiger partial charge in [-0.15, -0.1) is 0 Å². The Bertz CT molecular complexity index is 1240. The van der Waals surface area contributed by atoms with Crippen molar-refractivity contribution in [3.63, 3.8) is 0 Å². The Morgan fingerprint density at radius 3 is 2.50 bits per heavy atom. The van der Waals surface area contributed by atoms with E-state index in [1.54, 1.807) is 11.8 Å². The molecule has 1 aliphatic rings. The molecule has 0 unspecified atom stereocenters. The van der Waals surface area contributed by atoms with Crippen molar-refractivity contribution in [3.8, 4) is 22.7 Å². The zero-order valence-corrected chi connectivity index (χ0v) is 18.2. The lowest BCUT2D eigenvalue weighted by Crippen LogP contribution is -2.15. The Morgan fingerprint density at radius 1 is 1.06 bits per heavy atom. The van der Waals surface area contributed by atoms with Gasteiger partial charge in [0, 0.05) is 36.5 Å². The summed E-state index contributed by atoms with van der Waals surface area (Å²) in [7, 11) is 3.52. The number of benzene rings is 2. The van der Waals surface area contributed by atoms with Gasteiger partial charge in [-0.3, -0.25) is 9.48 Å². The quantitative estimate of drug-likeness (QED) is 0.476. The average Bonchev–Trinajstić information content (AvgIpc) is 3.47. The molecule has 7 nitrogen and oxygen atoms in total. The number of ether oxygens (including phenoxy) is 1. The van der Waals surface area contributed by atoms with E-state index in [2.05, 4.69) is 10.4 Å². The van der Waals surface area contributed by atoms with Gasteiger partial charge in [0.05, 0.1) is 36.3 Å². The van der Waals surface area contributed by atoms with Gasteiger partial charge in [-0.25, -0.2) is 4.68 Å². The molecule has 2 heterocycles. The summed E-state index contributed by atoms with van der Waals surface area (Å²) in [5.74, 6) is 1.16. The van der Waals surface area contributed by atoms with Crippen LogP contribution in [0.3, 0.4) is 0 Å². The second kappa shape index (κ2) is 8.34. The van der Waals surface area contributed by atoms with E-state index in [4.69, 9.17) is 9.84 Å². The SMILES string of the molecule is COc1ccc(-c2nn(-c3ccccc3)cc2CC(=O)Nc2cn(C)nc2C2CC2)cc1. The normalized spacial score (nSPS) is 13.2. The molecule has 0 bridgehead atoms. The summed E-state index contributed by atoms with van der Waals surface area (Å²) in [4.78, 5) is 13.0. The zero-order chi connectivity index (χ0) is 22.1. The molecule has 0 aliphatic heterocycles. The maximum atomic E-state index is 13.0. The van der Waals surface area contributed by atoms with Crippen LogP contribution < -0.4 is 10.1 Å². The summed E-state index contributed by atoms with van der Waals surface area (Å²) in [6, 6.07) is 17.6. The third-order valence-electron chi connectivity index (χ3n) is 5.62. The largest absolute Gasteiger partial charge is 0.497 e. The monoisotopic (exact) mass is 427 g/mol. The Kier molecular flexibility index (Phi) is 5.23. The van der Waals surface area contributed by atoms with Gasteiger partial charge in [0.25, 0.3) is 0 Å². The highest BCUT2D eigenvalue weighted by Crippen LogP contribution is 2.42. The molecular formula is C25H25N5O2. The smallest absolute Gasteiger partial charge is 0.229 e. The minimum absolute atomic E-state index is 0.0812. The summed E-state index contributed by atoms with van der Waals surface area (Å²) < 4.78 is 8.87. The van der Waals surface area contributed by atoms with E-state index >= 15 is 0 Å². The van der Waals surface area contributed by atoms with Crippen LogP contribution in [0, 0.1) is 0 Å². The molecular weight excluding hydrogens is 402 g/mol. The van der Waals surface area contributed by atoms with Crippen molar-refractivity contribution < 1.29 is 9.53 Å². The van der Waals surface area contributed by atoms with Crippen LogP contribution in [0.25, 0.3) is 16.9 Å². The molecule has 1 fully saturated rings. The Labute approximate surface area is 186 Å². The molecule has 4 aromatic rings. The fourth-order valence-electron chi connectivity index (χ4n) is 3.87. The second-order valence-corrected chi connectivity index (χ2v) is 8.11. The second-order valence-electron chi connectivity index (χ2n) is 8.11. The van der Waals surface area contributed by atoms with Crippen molar-refractivity contribution in [1.29, 1.82) is 0 Å². The molecule has 0 atom stereocenters. The number of para-hydroxylation sites is 1. The molecule has 1 saturated carbocycles. The van der Waals surface area contributed by atoms with Crippen LogP contribution in [-0.4, -0.2) is 32.6 Å². The minimum Gasteiger partial charge on any atom is -0.497 e. The van der Waals surface area contributed by atoms with Crippen LogP contribution in [0.1, 0.15) is 30.0 Å². The third-order valence-corrected chi connectivity index (χ3v) is 5.62. The molecule has 0 radical (unpaired) electrons. The number of nitrogens with zero attached hydrogens (tertiary/aromatic N) is 4. The van der Waals surface area contributed by atoms with E-state index in [1.807, 2.05) is 78.7 Å². The fourth-order valence-corrected chi connectivity index (χ4v) is 3.87. The van der Waals surface area contributed by atoms with Gasteiger partial charge in [-0.1, -0.05) is 18.2 Å². The van der Waals surface area contributed by atoms with Gasteiger partial charge in [0.1, 0.15) is 5.75 Å². The summed E-state index contributed by atoms with van der Waals surface area (Å²) in [5.41, 5.74) is 5.30. The number of methoxy groups -OCH3 is 1. The molecule has 7 heteroatoms. The van der Waals surface area contributed by atoms with Gasteiger partial charge >= 0.3 is 0 Å². The third kappa shape index (κ3) is 4.14. The van der Waals surface area contributed by atoms with Crippen molar-refractivity contribution in [3.05, 3.63) is 78.2 Å². The molecule has 32 heavy (non-hydrogen) atoms. The molecule has 1 N–H and O–H groups in total. The predicted molar refractivity (Wildman–Crippen MR) is 123 cm³/mol. The molecule has 1 amide bonds. The number of aryl methyl sites for hydroxylation is 1. The first kappa shape index (κ1) is 20.1. The molecule has 162 valence electrons. The first-order valence-corrected chi connectivity index (χ1v) is 10.7. The number of anilines is 1. The number of aromatic nitrogens is 4. The Hall–Kier alpha value is -3.87. The lowest BCUT2D eigenvalue weighted by atomic mass is 10.1. The molecule has 1 aliphatic carbocycles. The van der Waals surface area contributed by atoms with Crippen molar-refractivity contribution in [2.75, 3.05) is 12.4 Å². The molecule has 5 rings (SSSR count). The van der Waals surface area contributed by atoms with Crippen molar-refractivity contribution in [2.24, 2.45) is 7.05 Å². The highest BCUT2D eigenvalue weighted by molar-refractivity contribution is 5.93. The number of hydrogen-bond donors (Lipinski definition) is 1. The van der Waals surface area contributed by atoms with E-state index in [0.29, 0.717) is 5.92 Å². The summed E-state index contributed by atoms with van der Waals surface area (Å²) >= 11 is 0. The highest BCUT2D eigenvalue weighted by atomic mass is 16.5. The Balaban J connectivity index is 1.45. The summed E-state index contributed by atoms with van der Waals surface area (Å²) in [5, 5.41) is 12.4. The number of amides is 1. The molecule has 2 aromatic carbocycles. The van der Waals surface area contributed by atoms with E-state index in [-0.39, 0.29) is 12.3 Å².